The predicted octanol–water partition coefficient (Wildman–Crippen LogP) is -1.52. The lowest BCUT2D eigenvalue weighted by Crippen LogP contribution is -2.60. The van der Waals surface area contributed by atoms with Crippen LogP contribution in [0.2, 0.25) is 0 Å². The van der Waals surface area contributed by atoms with Gasteiger partial charge in [0, 0.05) is 38.8 Å². The summed E-state index contributed by atoms with van der Waals surface area (Å²) < 4.78 is 45.2. The summed E-state index contributed by atoms with van der Waals surface area (Å²) in [7, 11) is -1.63. The third-order valence-corrected chi connectivity index (χ3v) is 8.23. The molecule has 2 rings (SSSR count). The Hall–Kier alpha value is -3.00. The largest absolute Gasteiger partial charge is 0.460 e. The highest BCUT2D eigenvalue weighted by Crippen LogP contribution is 2.31. The maximum Gasteiger partial charge on any atom is 0.409 e. The molecule has 16 nitrogen and oxygen atoms in total. The minimum absolute atomic E-state index is 0.0247. The van der Waals surface area contributed by atoms with Gasteiger partial charge in [-0.05, 0) is 51.3 Å². The van der Waals surface area contributed by atoms with Crippen molar-refractivity contribution in [2.45, 2.75) is 82.9 Å². The number of aliphatic hydroxyl groups is 4. The van der Waals surface area contributed by atoms with Gasteiger partial charge in [0.2, 0.25) is 18.1 Å². The van der Waals surface area contributed by atoms with Crippen LogP contribution in [0.15, 0.2) is 18.2 Å². The molecule has 0 aliphatic carbocycles. The number of hydrogen-bond donors (Lipinski definition) is 6. The molecule has 1 aliphatic heterocycles. The van der Waals surface area contributed by atoms with Crippen LogP contribution in [-0.4, -0.2) is 141 Å². The van der Waals surface area contributed by atoms with Crippen LogP contribution >= 0.6 is 0 Å². The number of ether oxygens (including phenoxy) is 4. The number of rotatable bonds is 18. The topological polar surface area (TPSA) is 230 Å². The fraction of sp³-hybridized carbons (Fsp3) is 0.690. The smallest absolute Gasteiger partial charge is 0.409 e. The Balaban J connectivity index is 2.15. The van der Waals surface area contributed by atoms with E-state index in [-0.39, 0.29) is 62.1 Å². The Bertz CT molecular complexity index is 1300. The number of hydrogen-bond acceptors (Lipinski definition) is 13. The molecular weight excluding hydrogens is 641 g/mol. The molecule has 266 valence electrons. The molecule has 5 atom stereocenters. The Morgan fingerprint density at radius 3 is 2.40 bits per heavy atom. The highest BCUT2D eigenvalue weighted by molar-refractivity contribution is 7.90. The van der Waals surface area contributed by atoms with E-state index in [1.165, 1.54) is 23.1 Å². The second-order valence-corrected chi connectivity index (χ2v) is 14.0. The van der Waals surface area contributed by atoms with Crippen molar-refractivity contribution in [3.05, 3.63) is 23.8 Å². The summed E-state index contributed by atoms with van der Waals surface area (Å²) >= 11 is 0. The third-order valence-electron chi connectivity index (χ3n) is 7.31. The molecule has 0 unspecified atom stereocenters. The molecular formula is C29H48BN3O13S. The number of benzene rings is 1. The van der Waals surface area contributed by atoms with Gasteiger partial charge in [-0.15, -0.1) is 0 Å². The molecule has 3 amide bonds. The summed E-state index contributed by atoms with van der Waals surface area (Å²) in [6.45, 7) is 5.20. The van der Waals surface area contributed by atoms with Gasteiger partial charge in [-0.3, -0.25) is 9.59 Å². The van der Waals surface area contributed by atoms with Crippen molar-refractivity contribution in [3.8, 4) is 5.75 Å². The van der Waals surface area contributed by atoms with E-state index in [1.807, 2.05) is 20.8 Å². The van der Waals surface area contributed by atoms with Crippen LogP contribution in [0.1, 0.15) is 45.6 Å². The van der Waals surface area contributed by atoms with Gasteiger partial charge in [0.05, 0.1) is 23.6 Å². The van der Waals surface area contributed by atoms with Gasteiger partial charge >= 0.3 is 6.09 Å². The highest BCUT2D eigenvalue weighted by Gasteiger charge is 2.45. The second-order valence-electron chi connectivity index (χ2n) is 11.8. The van der Waals surface area contributed by atoms with Crippen molar-refractivity contribution in [2.75, 3.05) is 50.1 Å². The molecule has 0 aromatic heterocycles. The van der Waals surface area contributed by atoms with Crippen LogP contribution in [0, 0.1) is 0 Å². The lowest BCUT2D eigenvalue weighted by Gasteiger charge is -2.39. The lowest BCUT2D eigenvalue weighted by atomic mass is 9.99. The molecule has 0 saturated carbocycles. The van der Waals surface area contributed by atoms with Crippen LogP contribution in [-0.2, 0) is 40.2 Å². The maximum atomic E-state index is 12.9. The van der Waals surface area contributed by atoms with Crippen molar-refractivity contribution < 1.29 is 62.2 Å². The molecule has 18 heteroatoms. The summed E-state index contributed by atoms with van der Waals surface area (Å²) in [5.41, 5.74) is -0.000539. The number of nitrogens with zero attached hydrogens (tertiary/aromatic N) is 1. The normalized spacial score (nSPS) is 21.5. The fourth-order valence-electron chi connectivity index (χ4n) is 4.54. The number of nitrogens with one attached hydrogen (secondary N) is 2. The first-order valence-corrected chi connectivity index (χ1v) is 17.5. The second kappa shape index (κ2) is 18.5. The number of aliphatic hydroxyl groups excluding tert-OH is 4. The molecule has 1 saturated heterocycles. The number of carbonyl (C=O) groups is 3. The zero-order chi connectivity index (χ0) is 35.4. The Morgan fingerprint density at radius 1 is 1.09 bits per heavy atom. The molecule has 1 aromatic rings. The number of sulfone groups is 1. The van der Waals surface area contributed by atoms with E-state index in [4.69, 9.17) is 18.9 Å². The number of carbonyl (C=O) groups excluding carboxylic acids is 3. The molecule has 1 fully saturated rings. The van der Waals surface area contributed by atoms with E-state index >= 15 is 0 Å². The first-order valence-electron chi connectivity index (χ1n) is 15.4. The standard InChI is InChI=1S/C29H48BN3O13S/c1-5-44-29(2,3)10-8-22(35)31-11-9-23(36)32-19-14-18(16-43-28(40)33(17-30)12-13-47(4,41)42)6-7-20(19)45-27-26(39)25(38)24(37)21(15-34)46-27/h6-7,14,21,24-27,34,37-39H,5,8-13,15-17,30H2,1-4H3,(H,31,35)(H,32,36)/t21-,24+,25+,26-,27-/m1/s1. The summed E-state index contributed by atoms with van der Waals surface area (Å²) in [6.07, 6.45) is -6.70. The van der Waals surface area contributed by atoms with E-state index in [1.54, 1.807) is 7.85 Å². The Kier molecular flexibility index (Phi) is 15.8. The van der Waals surface area contributed by atoms with Gasteiger partial charge in [0.15, 0.2) is 0 Å². The Labute approximate surface area is 276 Å². The molecule has 6 N–H and O–H groups in total. The van der Waals surface area contributed by atoms with Crippen LogP contribution in [0.5, 0.6) is 5.75 Å². The number of amides is 3. The average molecular weight is 690 g/mol. The van der Waals surface area contributed by atoms with E-state index in [0.717, 1.165) is 6.26 Å². The Morgan fingerprint density at radius 2 is 1.79 bits per heavy atom. The van der Waals surface area contributed by atoms with Crippen molar-refractivity contribution >= 4 is 41.3 Å². The minimum atomic E-state index is -3.31. The van der Waals surface area contributed by atoms with Crippen molar-refractivity contribution in [1.29, 1.82) is 0 Å². The van der Waals surface area contributed by atoms with Gasteiger partial charge in [0.1, 0.15) is 54.5 Å². The van der Waals surface area contributed by atoms with Crippen molar-refractivity contribution in [1.82, 2.24) is 10.2 Å². The first-order chi connectivity index (χ1) is 22.0. The molecule has 1 aromatic carbocycles. The zero-order valence-electron chi connectivity index (χ0n) is 27.5. The molecule has 0 spiro atoms. The van der Waals surface area contributed by atoms with Gasteiger partial charge < -0.3 is 54.9 Å². The average Bonchev–Trinajstić information content (AvgIpc) is 3.00. The fourth-order valence-corrected chi connectivity index (χ4v) is 5.09. The van der Waals surface area contributed by atoms with Crippen molar-refractivity contribution in [3.63, 3.8) is 0 Å². The minimum Gasteiger partial charge on any atom is -0.460 e. The summed E-state index contributed by atoms with van der Waals surface area (Å²) in [6, 6.07) is 4.33. The van der Waals surface area contributed by atoms with E-state index in [0.29, 0.717) is 18.6 Å². The van der Waals surface area contributed by atoms with Gasteiger partial charge in [-0.2, -0.15) is 0 Å². The molecule has 1 heterocycles. The van der Waals surface area contributed by atoms with E-state index < -0.39 is 64.8 Å². The summed E-state index contributed by atoms with van der Waals surface area (Å²) in [5, 5.41) is 45.5. The van der Waals surface area contributed by atoms with Gasteiger partial charge in [-0.25, -0.2) is 13.2 Å². The van der Waals surface area contributed by atoms with Gasteiger partial charge in [-0.1, -0.05) is 6.07 Å². The molecule has 0 radical (unpaired) electrons. The lowest BCUT2D eigenvalue weighted by molar-refractivity contribution is -0.277. The third kappa shape index (κ3) is 13.6. The summed E-state index contributed by atoms with van der Waals surface area (Å²) in [5.74, 6) is -1.03. The SMILES string of the molecule is BCN(CCS(C)(=O)=O)C(=O)OCc1ccc(O[C@@H]2O[C@H](CO)[C@H](O)[C@H](O)[C@H]2O)c(NC(=O)CCNC(=O)CCC(C)(C)OCC)c1. The first kappa shape index (κ1) is 40.2. The highest BCUT2D eigenvalue weighted by atomic mass is 32.2. The number of anilines is 1. The molecule has 47 heavy (non-hydrogen) atoms. The van der Waals surface area contributed by atoms with E-state index in [9.17, 15) is 43.2 Å². The zero-order valence-corrected chi connectivity index (χ0v) is 28.3. The van der Waals surface area contributed by atoms with Crippen LogP contribution in [0.4, 0.5) is 10.5 Å². The van der Waals surface area contributed by atoms with Crippen molar-refractivity contribution in [2.24, 2.45) is 0 Å². The summed E-state index contributed by atoms with van der Waals surface area (Å²) in [4.78, 5) is 39.0. The monoisotopic (exact) mass is 689 g/mol. The van der Waals surface area contributed by atoms with Crippen LogP contribution in [0.3, 0.4) is 0 Å². The van der Waals surface area contributed by atoms with E-state index in [2.05, 4.69) is 10.6 Å². The predicted molar refractivity (Wildman–Crippen MR) is 172 cm³/mol. The van der Waals surface area contributed by atoms with Gasteiger partial charge in [0.25, 0.3) is 0 Å². The molecule has 1 aliphatic rings. The quantitative estimate of drug-likeness (QED) is 0.0964. The van der Waals surface area contributed by atoms with Crippen LogP contribution in [0.25, 0.3) is 0 Å². The molecule has 0 bridgehead atoms. The maximum absolute atomic E-state index is 12.9. The van der Waals surface area contributed by atoms with Crippen LogP contribution < -0.4 is 15.4 Å².